The number of hydrogen-bond acceptors (Lipinski definition) is 5. The molecule has 0 spiro atoms. The molecular weight excluding hydrogens is 445 g/mol. The molecule has 0 aliphatic carbocycles. The summed E-state index contributed by atoms with van der Waals surface area (Å²) in [5, 5.41) is 13.5. The Bertz CT molecular complexity index is 1170. The second kappa shape index (κ2) is 8.74. The van der Waals surface area contributed by atoms with E-state index in [1.54, 1.807) is 6.92 Å². The van der Waals surface area contributed by atoms with Gasteiger partial charge in [0, 0.05) is 22.8 Å². The topological polar surface area (TPSA) is 67.3 Å². The van der Waals surface area contributed by atoms with Gasteiger partial charge in [0.25, 0.3) is 0 Å². The number of aryl methyl sites for hydroxylation is 1. The molecule has 0 radical (unpaired) electrons. The third kappa shape index (κ3) is 5.00. The van der Waals surface area contributed by atoms with Gasteiger partial charge in [-0.1, -0.05) is 13.8 Å². The molecule has 1 heterocycles. The number of hydrogen-bond donors (Lipinski definition) is 2. The number of rotatable bonds is 7. The number of nitrogens with one attached hydrogen (secondary N) is 1. The van der Waals surface area contributed by atoms with E-state index >= 15 is 0 Å². The van der Waals surface area contributed by atoms with Crippen molar-refractivity contribution in [2.24, 2.45) is 0 Å². The van der Waals surface area contributed by atoms with Gasteiger partial charge in [-0.2, -0.15) is 13.2 Å². The minimum atomic E-state index is -5.03. The van der Waals surface area contributed by atoms with Crippen LogP contribution in [0.2, 0.25) is 0 Å². The van der Waals surface area contributed by atoms with Crippen LogP contribution < -0.4 is 10.1 Å². The largest absolute Gasteiger partial charge is 0.496 e. The van der Waals surface area contributed by atoms with Crippen LogP contribution in [0.25, 0.3) is 10.9 Å². The molecule has 0 bridgehead atoms. The molecule has 33 heavy (non-hydrogen) atoms. The van der Waals surface area contributed by atoms with Crippen LogP contribution in [0, 0.1) is 18.6 Å². The van der Waals surface area contributed by atoms with E-state index in [4.69, 9.17) is 4.74 Å². The first-order valence-electron chi connectivity index (χ1n) is 10.1. The summed E-state index contributed by atoms with van der Waals surface area (Å²) in [6.07, 6.45) is -4.52. The molecule has 5 nitrogen and oxygen atoms in total. The highest BCUT2D eigenvalue weighted by atomic mass is 19.4. The summed E-state index contributed by atoms with van der Waals surface area (Å²) in [5.41, 5.74) is -4.27. The Kier molecular flexibility index (Phi) is 6.52. The van der Waals surface area contributed by atoms with Crippen LogP contribution in [-0.2, 0) is 5.41 Å². The molecule has 0 aliphatic rings. The SMILES string of the molecule is COc1ccc(F)cc1C(C)(C)CC(O)(CNc1ccc(F)c2nc(C)ncc12)C(F)(F)F. The molecule has 0 amide bonds. The van der Waals surface area contributed by atoms with Gasteiger partial charge in [-0.3, -0.25) is 0 Å². The maximum Gasteiger partial charge on any atom is 0.418 e. The average Bonchev–Trinajstić information content (AvgIpc) is 2.72. The molecule has 2 N–H and O–H groups in total. The molecule has 1 atom stereocenters. The average molecular weight is 469 g/mol. The molecule has 178 valence electrons. The van der Waals surface area contributed by atoms with E-state index in [2.05, 4.69) is 15.3 Å². The van der Waals surface area contributed by atoms with Crippen molar-refractivity contribution in [1.82, 2.24) is 9.97 Å². The Hall–Kier alpha value is -3.01. The van der Waals surface area contributed by atoms with Crippen LogP contribution in [0.15, 0.2) is 36.5 Å². The van der Waals surface area contributed by atoms with Crippen LogP contribution in [-0.4, -0.2) is 40.5 Å². The molecule has 2 aromatic carbocycles. The molecule has 0 aliphatic heterocycles. The van der Waals surface area contributed by atoms with Gasteiger partial charge in [0.05, 0.1) is 13.7 Å². The van der Waals surface area contributed by atoms with E-state index < -0.39 is 41.8 Å². The summed E-state index contributed by atoms with van der Waals surface area (Å²) in [5.74, 6) is -0.779. The predicted octanol–water partition coefficient (Wildman–Crippen LogP) is 5.30. The summed E-state index contributed by atoms with van der Waals surface area (Å²) in [7, 11) is 1.33. The fourth-order valence-electron chi connectivity index (χ4n) is 3.87. The molecule has 1 unspecified atom stereocenters. The fraction of sp³-hybridized carbons (Fsp3) is 0.391. The van der Waals surface area contributed by atoms with E-state index in [1.165, 1.54) is 39.3 Å². The highest BCUT2D eigenvalue weighted by Gasteiger charge is 2.56. The van der Waals surface area contributed by atoms with Gasteiger partial charge < -0.3 is 15.2 Å². The molecule has 0 saturated heterocycles. The van der Waals surface area contributed by atoms with Crippen molar-refractivity contribution in [2.75, 3.05) is 19.0 Å². The number of methoxy groups -OCH3 is 1. The third-order valence-corrected chi connectivity index (χ3v) is 5.55. The predicted molar refractivity (Wildman–Crippen MR) is 114 cm³/mol. The molecule has 10 heteroatoms. The van der Waals surface area contributed by atoms with Crippen molar-refractivity contribution in [3.63, 3.8) is 0 Å². The second-order valence-corrected chi connectivity index (χ2v) is 8.56. The van der Waals surface area contributed by atoms with Crippen LogP contribution >= 0.6 is 0 Å². The van der Waals surface area contributed by atoms with E-state index in [0.717, 1.165) is 18.2 Å². The van der Waals surface area contributed by atoms with Crippen LogP contribution in [0.1, 0.15) is 31.7 Å². The summed E-state index contributed by atoms with van der Waals surface area (Å²) in [4.78, 5) is 7.97. The van der Waals surface area contributed by atoms with Crippen LogP contribution in [0.4, 0.5) is 27.6 Å². The lowest BCUT2D eigenvalue weighted by Crippen LogP contribution is -2.53. The molecular formula is C23H24F5N3O2. The van der Waals surface area contributed by atoms with Crippen molar-refractivity contribution in [2.45, 2.75) is 44.4 Å². The first-order chi connectivity index (χ1) is 15.3. The maximum atomic E-state index is 14.1. The second-order valence-electron chi connectivity index (χ2n) is 8.56. The number of aliphatic hydroxyl groups is 1. The Morgan fingerprint density at radius 3 is 2.42 bits per heavy atom. The highest BCUT2D eigenvalue weighted by Crippen LogP contribution is 2.44. The van der Waals surface area contributed by atoms with E-state index in [9.17, 15) is 27.1 Å². The third-order valence-electron chi connectivity index (χ3n) is 5.55. The molecule has 0 saturated carbocycles. The number of benzene rings is 2. The lowest BCUT2D eigenvalue weighted by atomic mass is 9.74. The number of nitrogens with zero attached hydrogens (tertiary/aromatic N) is 2. The fourth-order valence-corrected chi connectivity index (χ4v) is 3.87. The van der Waals surface area contributed by atoms with Crippen molar-refractivity contribution in [1.29, 1.82) is 0 Å². The van der Waals surface area contributed by atoms with E-state index in [0.29, 0.717) is 5.82 Å². The number of alkyl halides is 3. The summed E-state index contributed by atoms with van der Waals surface area (Å²) < 4.78 is 75.4. The van der Waals surface area contributed by atoms with Gasteiger partial charge in [-0.05, 0) is 49.1 Å². The van der Waals surface area contributed by atoms with Crippen LogP contribution in [0.3, 0.4) is 0 Å². The lowest BCUT2D eigenvalue weighted by molar-refractivity contribution is -0.260. The zero-order valence-electron chi connectivity index (χ0n) is 18.5. The number of ether oxygens (including phenoxy) is 1. The summed E-state index contributed by atoms with van der Waals surface area (Å²) in [6.45, 7) is 3.55. The normalized spacial score (nSPS) is 14.2. The number of anilines is 1. The first kappa shape index (κ1) is 24.6. The van der Waals surface area contributed by atoms with Crippen molar-refractivity contribution in [3.8, 4) is 5.75 Å². The molecule has 3 aromatic rings. The number of aromatic nitrogens is 2. The van der Waals surface area contributed by atoms with E-state index in [-0.39, 0.29) is 27.9 Å². The Balaban J connectivity index is 1.96. The lowest BCUT2D eigenvalue weighted by Gasteiger charge is -2.38. The number of halogens is 5. The minimum absolute atomic E-state index is 0.0483. The zero-order chi connectivity index (χ0) is 24.6. The highest BCUT2D eigenvalue weighted by molar-refractivity contribution is 5.91. The zero-order valence-corrected chi connectivity index (χ0v) is 18.5. The molecule has 1 aromatic heterocycles. The van der Waals surface area contributed by atoms with Gasteiger partial charge in [-0.25, -0.2) is 18.7 Å². The Morgan fingerprint density at radius 2 is 1.79 bits per heavy atom. The summed E-state index contributed by atoms with van der Waals surface area (Å²) in [6, 6.07) is 5.89. The van der Waals surface area contributed by atoms with Crippen molar-refractivity contribution < 1.29 is 31.8 Å². The monoisotopic (exact) mass is 469 g/mol. The maximum absolute atomic E-state index is 14.1. The van der Waals surface area contributed by atoms with Gasteiger partial charge in [0.1, 0.15) is 28.7 Å². The number of fused-ring (bicyclic) bond motifs is 1. The van der Waals surface area contributed by atoms with Crippen molar-refractivity contribution in [3.05, 3.63) is 59.6 Å². The van der Waals surface area contributed by atoms with Gasteiger partial charge in [0.2, 0.25) is 0 Å². The van der Waals surface area contributed by atoms with E-state index in [1.807, 2.05) is 0 Å². The standard InChI is InChI=1S/C23H24F5N3O2/c1-13-29-10-15-18(7-6-17(25)20(15)31-13)30-12-22(32,23(26,27)28)11-21(2,3)16-9-14(24)5-8-19(16)33-4/h5-10,30,32H,11-12H2,1-4H3. The van der Waals surface area contributed by atoms with Crippen molar-refractivity contribution >= 4 is 16.6 Å². The molecule has 3 rings (SSSR count). The smallest absolute Gasteiger partial charge is 0.418 e. The first-order valence-corrected chi connectivity index (χ1v) is 10.1. The van der Waals surface area contributed by atoms with Gasteiger partial charge >= 0.3 is 6.18 Å². The minimum Gasteiger partial charge on any atom is -0.496 e. The Labute approximate surface area is 187 Å². The van der Waals surface area contributed by atoms with Gasteiger partial charge in [0.15, 0.2) is 5.60 Å². The quantitative estimate of drug-likeness (QED) is 0.460. The van der Waals surface area contributed by atoms with Crippen LogP contribution in [0.5, 0.6) is 5.75 Å². The summed E-state index contributed by atoms with van der Waals surface area (Å²) >= 11 is 0. The van der Waals surface area contributed by atoms with Gasteiger partial charge in [-0.15, -0.1) is 0 Å². The Morgan fingerprint density at radius 1 is 1.09 bits per heavy atom. The molecule has 0 fully saturated rings.